The second-order valence-corrected chi connectivity index (χ2v) is 7.16. The van der Waals surface area contributed by atoms with Crippen molar-refractivity contribution in [2.24, 2.45) is 0 Å². The van der Waals surface area contributed by atoms with Crippen molar-refractivity contribution in [2.75, 3.05) is 5.32 Å². The van der Waals surface area contributed by atoms with Gasteiger partial charge in [-0.25, -0.2) is 0 Å². The molecule has 0 spiro atoms. The lowest BCUT2D eigenvalue weighted by molar-refractivity contribution is -0.575. The van der Waals surface area contributed by atoms with Gasteiger partial charge in [0.1, 0.15) is 0 Å². The van der Waals surface area contributed by atoms with Crippen LogP contribution in [0.5, 0.6) is 0 Å². The van der Waals surface area contributed by atoms with Gasteiger partial charge in [0.05, 0.1) is 0 Å². The fourth-order valence-electron chi connectivity index (χ4n) is 2.88. The molecule has 3 nitrogen and oxygen atoms in total. The van der Waals surface area contributed by atoms with E-state index in [9.17, 15) is 5.11 Å². The van der Waals surface area contributed by atoms with Crippen LogP contribution < -0.4 is 9.88 Å². The first-order valence-corrected chi connectivity index (χ1v) is 9.28. The number of benzene rings is 2. The minimum Gasteiger partial charge on any atom is -0.502 e. The maximum absolute atomic E-state index is 11.0. The normalized spacial score (nSPS) is 11.7. The fourth-order valence-corrected chi connectivity index (χ4v) is 3.32. The molecule has 0 saturated heterocycles. The van der Waals surface area contributed by atoms with Crippen LogP contribution in [0.2, 0.25) is 5.02 Å². The highest BCUT2D eigenvalue weighted by atomic mass is 35.5. The summed E-state index contributed by atoms with van der Waals surface area (Å²) in [7, 11) is 0. The molecule has 27 heavy (non-hydrogen) atoms. The number of nitrogens with zero attached hydrogens (tertiary/aromatic N) is 1. The van der Waals surface area contributed by atoms with Crippen LogP contribution in [-0.2, 0) is 0 Å². The fraction of sp³-hybridized carbons (Fsp3) is 0.0909. The minimum atomic E-state index is 0.0738. The summed E-state index contributed by atoms with van der Waals surface area (Å²) in [6, 6.07) is 18.8. The van der Waals surface area contributed by atoms with E-state index in [0.29, 0.717) is 21.3 Å². The Balaban J connectivity index is 2.05. The number of anilines is 1. The molecular formula is C22H20ClN2OS+. The van der Waals surface area contributed by atoms with Gasteiger partial charge in [-0.15, -0.1) is 0 Å². The summed E-state index contributed by atoms with van der Waals surface area (Å²) in [5, 5.41) is 14.8. The third-order valence-electron chi connectivity index (χ3n) is 4.01. The average molecular weight is 396 g/mol. The van der Waals surface area contributed by atoms with Crippen LogP contribution in [0.3, 0.4) is 0 Å². The van der Waals surface area contributed by atoms with Crippen molar-refractivity contribution in [1.82, 2.24) is 0 Å². The predicted octanol–water partition coefficient (Wildman–Crippen LogP) is 5.57. The van der Waals surface area contributed by atoms with Gasteiger partial charge in [-0.1, -0.05) is 36.0 Å². The Morgan fingerprint density at radius 2 is 1.56 bits per heavy atom. The Kier molecular flexibility index (Phi) is 5.89. The topological polar surface area (TPSA) is 36.1 Å². The molecular weight excluding hydrogens is 376 g/mol. The number of aryl methyl sites for hydroxylation is 2. The molecule has 0 atom stereocenters. The van der Waals surface area contributed by atoms with Crippen molar-refractivity contribution < 1.29 is 9.67 Å². The van der Waals surface area contributed by atoms with Gasteiger partial charge >= 0.3 is 0 Å². The standard InChI is InChI=1S/C22H19ClN2OS/c1-15-12-16(2)14-19(13-15)24-22(27)20(25-10-4-3-5-11-25)21(26)17-6-8-18(23)9-7-17/h3-14H,1-2H3,(H-,24,26,27)/p+1. The zero-order valence-electron chi connectivity index (χ0n) is 15.1. The zero-order valence-corrected chi connectivity index (χ0v) is 16.7. The number of pyridine rings is 1. The lowest BCUT2D eigenvalue weighted by Gasteiger charge is -2.11. The van der Waals surface area contributed by atoms with Crippen LogP contribution in [0.25, 0.3) is 11.5 Å². The number of thiocarbonyl (C=S) groups is 1. The van der Waals surface area contributed by atoms with Crippen molar-refractivity contribution in [1.29, 1.82) is 0 Å². The summed E-state index contributed by atoms with van der Waals surface area (Å²) >= 11 is 11.6. The van der Waals surface area contributed by atoms with E-state index < -0.39 is 0 Å². The van der Waals surface area contributed by atoms with Crippen molar-refractivity contribution in [3.63, 3.8) is 0 Å². The first kappa shape index (κ1) is 19.1. The molecule has 1 heterocycles. The number of aliphatic hydroxyl groups excluding tert-OH is 1. The molecule has 0 aliphatic rings. The molecule has 5 heteroatoms. The summed E-state index contributed by atoms with van der Waals surface area (Å²) in [5.41, 5.74) is 4.29. The number of rotatable bonds is 4. The summed E-state index contributed by atoms with van der Waals surface area (Å²) in [6.07, 6.45) is 3.69. The first-order chi connectivity index (χ1) is 12.9. The highest BCUT2D eigenvalue weighted by molar-refractivity contribution is 7.81. The molecule has 3 aromatic rings. The summed E-state index contributed by atoms with van der Waals surface area (Å²) in [6.45, 7) is 4.07. The molecule has 1 aromatic heterocycles. The van der Waals surface area contributed by atoms with Crippen LogP contribution >= 0.6 is 23.8 Å². The van der Waals surface area contributed by atoms with Gasteiger partial charge in [0, 0.05) is 28.4 Å². The minimum absolute atomic E-state index is 0.0738. The van der Waals surface area contributed by atoms with Crippen molar-refractivity contribution in [3.05, 3.63) is 94.8 Å². The Morgan fingerprint density at radius 1 is 0.963 bits per heavy atom. The summed E-state index contributed by atoms with van der Waals surface area (Å²) in [5.74, 6) is 0.0738. The SMILES string of the molecule is Cc1cc(C)cc(NC(=S)/C(=C(\O)c2ccc(Cl)cc2)[n+]2ccccc2)c1. The Bertz CT molecular complexity index is 978. The van der Waals surface area contributed by atoms with E-state index in [2.05, 4.69) is 11.4 Å². The second kappa shape index (κ2) is 8.33. The smallest absolute Gasteiger partial charge is 0.288 e. The number of aromatic nitrogens is 1. The zero-order chi connectivity index (χ0) is 19.4. The Labute approximate surface area is 169 Å². The lowest BCUT2D eigenvalue weighted by Crippen LogP contribution is -2.38. The summed E-state index contributed by atoms with van der Waals surface area (Å²) < 4.78 is 1.79. The molecule has 0 unspecified atom stereocenters. The molecule has 0 fully saturated rings. The molecule has 0 radical (unpaired) electrons. The number of hydrogen-bond donors (Lipinski definition) is 2. The maximum atomic E-state index is 11.0. The first-order valence-electron chi connectivity index (χ1n) is 8.49. The van der Waals surface area contributed by atoms with Crippen LogP contribution in [0.1, 0.15) is 16.7 Å². The van der Waals surface area contributed by atoms with Crippen molar-refractivity contribution >= 4 is 46.0 Å². The maximum Gasteiger partial charge on any atom is 0.288 e. The van der Waals surface area contributed by atoms with Gasteiger partial charge in [0.25, 0.3) is 5.70 Å². The van der Waals surface area contributed by atoms with Gasteiger partial charge in [-0.05, 0) is 61.4 Å². The third-order valence-corrected chi connectivity index (χ3v) is 4.56. The van der Waals surface area contributed by atoms with E-state index in [4.69, 9.17) is 23.8 Å². The number of hydrogen-bond acceptors (Lipinski definition) is 2. The van der Waals surface area contributed by atoms with Crippen LogP contribution in [0.15, 0.2) is 73.1 Å². The van der Waals surface area contributed by atoms with Crippen molar-refractivity contribution in [3.8, 4) is 0 Å². The van der Waals surface area contributed by atoms with Gasteiger partial charge in [-0.2, -0.15) is 4.57 Å². The van der Waals surface area contributed by atoms with Gasteiger partial charge in [0.2, 0.25) is 0 Å². The Morgan fingerprint density at radius 3 is 2.15 bits per heavy atom. The van der Waals surface area contributed by atoms with Crippen molar-refractivity contribution in [2.45, 2.75) is 13.8 Å². The number of aliphatic hydroxyl groups is 1. The third kappa shape index (κ3) is 4.73. The molecule has 2 aromatic carbocycles. The highest BCUT2D eigenvalue weighted by Gasteiger charge is 2.23. The molecule has 2 N–H and O–H groups in total. The molecule has 0 aliphatic carbocycles. The molecule has 0 amide bonds. The molecule has 0 saturated carbocycles. The monoisotopic (exact) mass is 395 g/mol. The highest BCUT2D eigenvalue weighted by Crippen LogP contribution is 2.21. The van der Waals surface area contributed by atoms with Crippen LogP contribution in [0, 0.1) is 13.8 Å². The molecule has 0 bridgehead atoms. The van der Waals surface area contributed by atoms with Crippen LogP contribution in [0.4, 0.5) is 5.69 Å². The average Bonchev–Trinajstić information content (AvgIpc) is 2.62. The van der Waals surface area contributed by atoms with E-state index in [1.165, 1.54) is 0 Å². The van der Waals surface area contributed by atoms with Crippen LogP contribution in [-0.4, -0.2) is 10.1 Å². The van der Waals surface area contributed by atoms with Gasteiger partial charge in [0.15, 0.2) is 23.1 Å². The quantitative estimate of drug-likeness (QED) is 0.262. The molecule has 0 aliphatic heterocycles. The largest absolute Gasteiger partial charge is 0.502 e. The van der Waals surface area contributed by atoms with E-state index >= 15 is 0 Å². The predicted molar refractivity (Wildman–Crippen MR) is 116 cm³/mol. The van der Waals surface area contributed by atoms with E-state index in [1.54, 1.807) is 28.8 Å². The molecule has 3 rings (SSSR count). The van der Waals surface area contributed by atoms with E-state index in [0.717, 1.165) is 16.8 Å². The summed E-state index contributed by atoms with van der Waals surface area (Å²) in [4.78, 5) is 0.420. The number of halogens is 1. The van der Waals surface area contributed by atoms with Gasteiger partial charge < -0.3 is 10.4 Å². The van der Waals surface area contributed by atoms with E-state index in [-0.39, 0.29) is 5.76 Å². The lowest BCUT2D eigenvalue weighted by atomic mass is 10.1. The number of nitrogens with one attached hydrogen (secondary N) is 1. The Hall–Kier alpha value is -2.69. The molecule has 136 valence electrons. The van der Waals surface area contributed by atoms with Gasteiger partial charge in [-0.3, -0.25) is 0 Å². The second-order valence-electron chi connectivity index (χ2n) is 6.32. The van der Waals surface area contributed by atoms with E-state index in [1.807, 2.05) is 56.6 Å².